The van der Waals surface area contributed by atoms with Crippen LogP contribution >= 0.6 is 0 Å². The number of ether oxygens (including phenoxy) is 1. The van der Waals surface area contributed by atoms with E-state index in [1.165, 1.54) is 0 Å². The number of carboxylic acid groups (broad SMARTS) is 1. The minimum atomic E-state index is -0.809. The molecule has 0 spiro atoms. The Hall–Kier alpha value is -1.88. The van der Waals surface area contributed by atoms with E-state index in [1.54, 1.807) is 6.92 Å². The summed E-state index contributed by atoms with van der Waals surface area (Å²) in [6.07, 6.45) is 3.01. The minimum Gasteiger partial charge on any atom is -0.481 e. The van der Waals surface area contributed by atoms with Crippen LogP contribution in [0.5, 0.6) is 0 Å². The van der Waals surface area contributed by atoms with Crippen molar-refractivity contribution in [2.45, 2.75) is 57.8 Å². The molecule has 1 N–H and O–H groups in total. The number of hydrogen-bond acceptors (Lipinski definition) is 3. The van der Waals surface area contributed by atoms with E-state index in [4.69, 9.17) is 9.84 Å². The van der Waals surface area contributed by atoms with Crippen molar-refractivity contribution in [1.82, 2.24) is 4.90 Å². The van der Waals surface area contributed by atoms with Crippen LogP contribution in [0.2, 0.25) is 0 Å². The number of amides is 1. The number of likely N-dealkylation sites (tertiary alicyclic amines) is 1. The molecule has 1 saturated heterocycles. The average molecular weight is 319 g/mol. The van der Waals surface area contributed by atoms with Gasteiger partial charge in [0.05, 0.1) is 6.61 Å². The second-order valence-corrected chi connectivity index (χ2v) is 6.05. The molecule has 1 aliphatic rings. The van der Waals surface area contributed by atoms with Crippen molar-refractivity contribution in [3.05, 3.63) is 35.9 Å². The van der Waals surface area contributed by atoms with E-state index in [-0.39, 0.29) is 18.4 Å². The lowest BCUT2D eigenvalue weighted by molar-refractivity contribution is -0.148. The predicted octanol–water partition coefficient (Wildman–Crippen LogP) is 2.84. The highest BCUT2D eigenvalue weighted by Crippen LogP contribution is 2.22. The molecule has 5 heteroatoms. The van der Waals surface area contributed by atoms with Crippen LogP contribution in [-0.4, -0.2) is 40.6 Å². The van der Waals surface area contributed by atoms with Crippen LogP contribution in [0.25, 0.3) is 0 Å². The van der Waals surface area contributed by atoms with E-state index in [0.717, 1.165) is 24.8 Å². The number of carbonyl (C=O) groups excluding carboxylic acids is 1. The van der Waals surface area contributed by atoms with E-state index < -0.39 is 12.1 Å². The van der Waals surface area contributed by atoms with Crippen molar-refractivity contribution < 1.29 is 19.4 Å². The molecule has 2 rings (SSSR count). The molecule has 1 aliphatic heterocycles. The average Bonchev–Trinajstić information content (AvgIpc) is 2.58. The summed E-state index contributed by atoms with van der Waals surface area (Å²) in [5.74, 6) is -0.840. The Morgan fingerprint density at radius 2 is 2.04 bits per heavy atom. The van der Waals surface area contributed by atoms with E-state index in [2.05, 4.69) is 0 Å². The number of carboxylic acids is 1. The Kier molecular flexibility index (Phi) is 6.59. The van der Waals surface area contributed by atoms with Gasteiger partial charge in [-0.15, -0.1) is 0 Å². The third-order valence-electron chi connectivity index (χ3n) is 4.29. The monoisotopic (exact) mass is 319 g/mol. The van der Waals surface area contributed by atoms with Crippen molar-refractivity contribution >= 4 is 11.9 Å². The summed E-state index contributed by atoms with van der Waals surface area (Å²) in [5, 5.41) is 8.86. The summed E-state index contributed by atoms with van der Waals surface area (Å²) < 4.78 is 5.71. The van der Waals surface area contributed by atoms with Gasteiger partial charge in [0.2, 0.25) is 0 Å². The first-order valence-electron chi connectivity index (χ1n) is 8.25. The second-order valence-electron chi connectivity index (χ2n) is 6.05. The molecule has 2 unspecified atom stereocenters. The number of benzene rings is 1. The zero-order valence-corrected chi connectivity index (χ0v) is 13.6. The van der Waals surface area contributed by atoms with Gasteiger partial charge in [-0.1, -0.05) is 30.3 Å². The Bertz CT molecular complexity index is 517. The van der Waals surface area contributed by atoms with Crippen LogP contribution in [-0.2, 0) is 20.9 Å². The van der Waals surface area contributed by atoms with Gasteiger partial charge in [-0.05, 0) is 38.2 Å². The SMILES string of the molecule is CC(OCc1ccccc1)C(=O)N1CCCCC1CCC(=O)O. The lowest BCUT2D eigenvalue weighted by atomic mass is 9.97. The third kappa shape index (κ3) is 5.36. The molecule has 1 aromatic rings. The standard InChI is InChI=1S/C18H25NO4/c1-14(23-13-15-7-3-2-4-8-15)18(22)19-12-6-5-9-16(19)10-11-17(20)21/h2-4,7-8,14,16H,5-6,9-13H2,1H3,(H,20,21). The molecule has 0 radical (unpaired) electrons. The highest BCUT2D eigenvalue weighted by Gasteiger charge is 2.30. The zero-order valence-electron chi connectivity index (χ0n) is 13.6. The molecule has 1 heterocycles. The first-order valence-corrected chi connectivity index (χ1v) is 8.25. The first-order chi connectivity index (χ1) is 11.1. The number of rotatable bonds is 7. The molecule has 0 saturated carbocycles. The van der Waals surface area contributed by atoms with Crippen LogP contribution in [0, 0.1) is 0 Å². The molecule has 0 bridgehead atoms. The topological polar surface area (TPSA) is 66.8 Å². The molecule has 1 aromatic carbocycles. The maximum atomic E-state index is 12.6. The summed E-state index contributed by atoms with van der Waals surface area (Å²) in [6, 6.07) is 9.78. The van der Waals surface area contributed by atoms with Crippen LogP contribution in [0.4, 0.5) is 0 Å². The van der Waals surface area contributed by atoms with Crippen LogP contribution in [0.1, 0.15) is 44.6 Å². The molecule has 126 valence electrons. The van der Waals surface area contributed by atoms with Gasteiger partial charge in [0.25, 0.3) is 5.91 Å². The molecular formula is C18H25NO4. The summed E-state index contributed by atoms with van der Waals surface area (Å²) in [7, 11) is 0. The molecule has 5 nitrogen and oxygen atoms in total. The number of carbonyl (C=O) groups is 2. The fourth-order valence-corrected chi connectivity index (χ4v) is 2.98. The predicted molar refractivity (Wildman–Crippen MR) is 86.9 cm³/mol. The fraction of sp³-hybridized carbons (Fsp3) is 0.556. The highest BCUT2D eigenvalue weighted by atomic mass is 16.5. The van der Waals surface area contributed by atoms with Crippen LogP contribution in [0.3, 0.4) is 0 Å². The van der Waals surface area contributed by atoms with Gasteiger partial charge in [0.15, 0.2) is 0 Å². The smallest absolute Gasteiger partial charge is 0.303 e. The Balaban J connectivity index is 1.89. The van der Waals surface area contributed by atoms with E-state index in [1.807, 2.05) is 35.2 Å². The lowest BCUT2D eigenvalue weighted by Gasteiger charge is -2.37. The van der Waals surface area contributed by atoms with Gasteiger partial charge in [0, 0.05) is 19.0 Å². The Morgan fingerprint density at radius 1 is 1.30 bits per heavy atom. The van der Waals surface area contributed by atoms with E-state index >= 15 is 0 Å². The normalized spacial score (nSPS) is 19.3. The highest BCUT2D eigenvalue weighted by molar-refractivity contribution is 5.81. The van der Waals surface area contributed by atoms with Crippen molar-refractivity contribution in [1.29, 1.82) is 0 Å². The van der Waals surface area contributed by atoms with Crippen LogP contribution < -0.4 is 0 Å². The lowest BCUT2D eigenvalue weighted by Crippen LogP contribution is -2.48. The van der Waals surface area contributed by atoms with E-state index in [9.17, 15) is 9.59 Å². The van der Waals surface area contributed by atoms with Gasteiger partial charge < -0.3 is 14.7 Å². The fourth-order valence-electron chi connectivity index (χ4n) is 2.98. The third-order valence-corrected chi connectivity index (χ3v) is 4.29. The van der Waals surface area contributed by atoms with E-state index in [0.29, 0.717) is 19.6 Å². The van der Waals surface area contributed by atoms with Gasteiger partial charge >= 0.3 is 5.97 Å². The molecule has 1 amide bonds. The van der Waals surface area contributed by atoms with Crippen molar-refractivity contribution in [3.63, 3.8) is 0 Å². The summed E-state index contributed by atoms with van der Waals surface area (Å²) in [4.78, 5) is 25.2. The van der Waals surface area contributed by atoms with Crippen LogP contribution in [0.15, 0.2) is 30.3 Å². The van der Waals surface area contributed by atoms with Gasteiger partial charge in [0.1, 0.15) is 6.10 Å². The first kappa shape index (κ1) is 17.5. The Morgan fingerprint density at radius 3 is 2.74 bits per heavy atom. The maximum Gasteiger partial charge on any atom is 0.303 e. The molecule has 23 heavy (non-hydrogen) atoms. The largest absolute Gasteiger partial charge is 0.481 e. The number of hydrogen-bond donors (Lipinski definition) is 1. The van der Waals surface area contributed by atoms with Crippen molar-refractivity contribution in [2.75, 3.05) is 6.54 Å². The van der Waals surface area contributed by atoms with Crippen molar-refractivity contribution in [2.24, 2.45) is 0 Å². The molecule has 0 aromatic heterocycles. The van der Waals surface area contributed by atoms with Crippen molar-refractivity contribution in [3.8, 4) is 0 Å². The van der Waals surface area contributed by atoms with Gasteiger partial charge in [-0.25, -0.2) is 0 Å². The summed E-state index contributed by atoms with van der Waals surface area (Å²) in [5.41, 5.74) is 1.04. The maximum absolute atomic E-state index is 12.6. The summed E-state index contributed by atoms with van der Waals surface area (Å²) in [6.45, 7) is 2.87. The van der Waals surface area contributed by atoms with Gasteiger partial charge in [-0.2, -0.15) is 0 Å². The second kappa shape index (κ2) is 8.67. The molecule has 2 atom stereocenters. The van der Waals surface area contributed by atoms with Gasteiger partial charge in [-0.3, -0.25) is 9.59 Å². The number of piperidine rings is 1. The molecular weight excluding hydrogens is 294 g/mol. The molecule has 0 aliphatic carbocycles. The summed E-state index contributed by atoms with van der Waals surface area (Å²) >= 11 is 0. The Labute approximate surface area is 137 Å². The zero-order chi connectivity index (χ0) is 16.7. The molecule has 1 fully saturated rings. The number of nitrogens with zero attached hydrogens (tertiary/aromatic N) is 1. The number of aliphatic carboxylic acids is 1. The minimum absolute atomic E-state index is 0.0233. The quantitative estimate of drug-likeness (QED) is 0.839.